The first kappa shape index (κ1) is 19.2. The normalized spacial score (nSPS) is 10.3. The second-order valence-electron chi connectivity index (χ2n) is 5.96. The van der Waals surface area contributed by atoms with Crippen LogP contribution in [0.15, 0.2) is 48.8 Å². The van der Waals surface area contributed by atoms with E-state index in [1.54, 1.807) is 39.5 Å². The molecular weight excluding hydrogens is 358 g/mol. The van der Waals surface area contributed by atoms with Crippen LogP contribution in [0.5, 0.6) is 17.2 Å². The van der Waals surface area contributed by atoms with Gasteiger partial charge in [-0.25, -0.2) is 9.97 Å². The maximum Gasteiger partial charge on any atom is 0.203 e. The van der Waals surface area contributed by atoms with Gasteiger partial charge in [-0.05, 0) is 13.0 Å². The predicted molar refractivity (Wildman–Crippen MR) is 107 cm³/mol. The number of carbonyl (C=O) groups excluding carboxylic acids is 1. The lowest BCUT2D eigenvalue weighted by atomic mass is 10.1. The highest BCUT2D eigenvalue weighted by Gasteiger charge is 2.14. The number of anilines is 2. The second kappa shape index (κ2) is 8.39. The Hall–Kier alpha value is -3.61. The number of hydrogen-bond donors (Lipinski definition) is 1. The average molecular weight is 379 g/mol. The number of nitrogens with one attached hydrogen (secondary N) is 1. The van der Waals surface area contributed by atoms with Gasteiger partial charge in [-0.1, -0.05) is 18.2 Å². The molecule has 0 aliphatic rings. The van der Waals surface area contributed by atoms with E-state index in [0.29, 0.717) is 34.3 Å². The Morgan fingerprint density at radius 1 is 0.929 bits per heavy atom. The molecule has 28 heavy (non-hydrogen) atoms. The number of hydrogen-bond acceptors (Lipinski definition) is 7. The van der Waals surface area contributed by atoms with Gasteiger partial charge in [-0.3, -0.25) is 4.79 Å². The van der Waals surface area contributed by atoms with Crippen LogP contribution in [0, 0.1) is 0 Å². The molecule has 3 rings (SSSR count). The Morgan fingerprint density at radius 2 is 1.64 bits per heavy atom. The van der Waals surface area contributed by atoms with Crippen molar-refractivity contribution in [2.24, 2.45) is 0 Å². The summed E-state index contributed by atoms with van der Waals surface area (Å²) in [6.45, 7) is 1.54. The molecule has 0 spiro atoms. The summed E-state index contributed by atoms with van der Waals surface area (Å²) in [5, 5.41) is 3.22. The number of carbonyl (C=O) groups is 1. The minimum atomic E-state index is 0.00618. The van der Waals surface area contributed by atoms with E-state index in [4.69, 9.17) is 14.2 Å². The van der Waals surface area contributed by atoms with Crippen LogP contribution in [-0.2, 0) is 0 Å². The van der Waals surface area contributed by atoms with Crippen LogP contribution in [0.4, 0.5) is 11.5 Å². The van der Waals surface area contributed by atoms with E-state index in [0.717, 1.165) is 11.3 Å². The standard InChI is InChI=1S/C21H21N3O4/c1-13(25)14-6-5-7-15(8-14)17-11-20(23-12-22-17)24-16-9-18(26-2)21(28-4)19(10-16)27-3/h5-12H,1-4H3,(H,22,23,24). The molecule has 0 saturated heterocycles. The molecule has 1 aromatic heterocycles. The van der Waals surface area contributed by atoms with Gasteiger partial charge in [0, 0.05) is 35.0 Å². The highest BCUT2D eigenvalue weighted by Crippen LogP contribution is 2.40. The van der Waals surface area contributed by atoms with Crippen molar-refractivity contribution in [2.75, 3.05) is 26.6 Å². The number of nitrogens with zero attached hydrogens (tertiary/aromatic N) is 2. The summed E-state index contributed by atoms with van der Waals surface area (Å²) in [6.07, 6.45) is 1.47. The molecule has 0 bridgehead atoms. The Labute approximate surface area is 163 Å². The zero-order chi connectivity index (χ0) is 20.1. The van der Waals surface area contributed by atoms with Crippen LogP contribution < -0.4 is 19.5 Å². The van der Waals surface area contributed by atoms with Crippen molar-refractivity contribution in [3.05, 3.63) is 54.4 Å². The second-order valence-corrected chi connectivity index (χ2v) is 5.96. The fourth-order valence-corrected chi connectivity index (χ4v) is 2.78. The summed E-state index contributed by atoms with van der Waals surface area (Å²) in [4.78, 5) is 20.2. The summed E-state index contributed by atoms with van der Waals surface area (Å²) in [6, 6.07) is 12.7. The van der Waals surface area contributed by atoms with Gasteiger partial charge in [0.1, 0.15) is 12.1 Å². The highest BCUT2D eigenvalue weighted by molar-refractivity contribution is 5.95. The Morgan fingerprint density at radius 3 is 2.25 bits per heavy atom. The maximum absolute atomic E-state index is 11.6. The largest absolute Gasteiger partial charge is 0.493 e. The van der Waals surface area contributed by atoms with Crippen LogP contribution in [-0.4, -0.2) is 37.1 Å². The third kappa shape index (κ3) is 4.03. The molecule has 1 heterocycles. The van der Waals surface area contributed by atoms with E-state index in [-0.39, 0.29) is 5.78 Å². The number of ether oxygens (including phenoxy) is 3. The molecule has 0 aliphatic carbocycles. The van der Waals surface area contributed by atoms with Crippen molar-refractivity contribution in [3.8, 4) is 28.5 Å². The van der Waals surface area contributed by atoms with Gasteiger partial charge in [-0.15, -0.1) is 0 Å². The van der Waals surface area contributed by atoms with Crippen molar-refractivity contribution in [3.63, 3.8) is 0 Å². The fraction of sp³-hybridized carbons (Fsp3) is 0.190. The molecule has 1 N–H and O–H groups in total. The van der Waals surface area contributed by atoms with Crippen molar-refractivity contribution < 1.29 is 19.0 Å². The first-order valence-corrected chi connectivity index (χ1v) is 8.56. The molecule has 3 aromatic rings. The molecule has 0 fully saturated rings. The molecule has 7 heteroatoms. The molecule has 7 nitrogen and oxygen atoms in total. The van der Waals surface area contributed by atoms with Gasteiger partial charge in [0.05, 0.1) is 27.0 Å². The van der Waals surface area contributed by atoms with Crippen LogP contribution >= 0.6 is 0 Å². The van der Waals surface area contributed by atoms with Crippen molar-refractivity contribution in [2.45, 2.75) is 6.92 Å². The topological polar surface area (TPSA) is 82.6 Å². The quantitative estimate of drug-likeness (QED) is 0.618. The first-order chi connectivity index (χ1) is 13.5. The molecular formula is C21H21N3O4. The number of benzene rings is 2. The molecule has 2 aromatic carbocycles. The van der Waals surface area contributed by atoms with Crippen LogP contribution in [0.2, 0.25) is 0 Å². The van der Waals surface area contributed by atoms with Crippen LogP contribution in [0.25, 0.3) is 11.3 Å². The Kier molecular flexibility index (Phi) is 5.74. The smallest absolute Gasteiger partial charge is 0.203 e. The monoisotopic (exact) mass is 379 g/mol. The molecule has 144 valence electrons. The maximum atomic E-state index is 11.6. The Bertz CT molecular complexity index is 979. The Balaban J connectivity index is 1.93. The van der Waals surface area contributed by atoms with E-state index in [1.807, 2.05) is 24.3 Å². The molecule has 0 saturated carbocycles. The van der Waals surface area contributed by atoms with Gasteiger partial charge in [0.2, 0.25) is 5.75 Å². The molecule has 0 atom stereocenters. The zero-order valence-corrected chi connectivity index (χ0v) is 16.1. The molecule has 0 radical (unpaired) electrons. The molecule has 0 unspecified atom stereocenters. The molecule has 0 aliphatic heterocycles. The van der Waals surface area contributed by atoms with E-state index in [9.17, 15) is 4.79 Å². The van der Waals surface area contributed by atoms with Crippen molar-refractivity contribution in [1.29, 1.82) is 0 Å². The summed E-state index contributed by atoms with van der Waals surface area (Å²) in [5.74, 6) is 2.18. The lowest BCUT2D eigenvalue weighted by Crippen LogP contribution is -1.99. The fourth-order valence-electron chi connectivity index (χ4n) is 2.78. The SMILES string of the molecule is COc1cc(Nc2cc(-c3cccc(C(C)=O)c3)ncn2)cc(OC)c1OC. The van der Waals surface area contributed by atoms with E-state index in [2.05, 4.69) is 15.3 Å². The number of ketones is 1. The number of methoxy groups -OCH3 is 3. The lowest BCUT2D eigenvalue weighted by molar-refractivity contribution is 0.101. The van der Waals surface area contributed by atoms with Gasteiger partial charge in [-0.2, -0.15) is 0 Å². The number of aromatic nitrogens is 2. The van der Waals surface area contributed by atoms with E-state index in [1.165, 1.54) is 13.3 Å². The third-order valence-electron chi connectivity index (χ3n) is 4.17. The minimum Gasteiger partial charge on any atom is -0.493 e. The molecule has 0 amide bonds. The van der Waals surface area contributed by atoms with Gasteiger partial charge >= 0.3 is 0 Å². The first-order valence-electron chi connectivity index (χ1n) is 8.56. The van der Waals surface area contributed by atoms with Gasteiger partial charge < -0.3 is 19.5 Å². The van der Waals surface area contributed by atoms with Crippen LogP contribution in [0.1, 0.15) is 17.3 Å². The van der Waals surface area contributed by atoms with E-state index < -0.39 is 0 Å². The average Bonchev–Trinajstić information content (AvgIpc) is 2.73. The number of rotatable bonds is 7. The zero-order valence-electron chi connectivity index (χ0n) is 16.1. The summed E-state index contributed by atoms with van der Waals surface area (Å²) >= 11 is 0. The van der Waals surface area contributed by atoms with Crippen molar-refractivity contribution in [1.82, 2.24) is 9.97 Å². The van der Waals surface area contributed by atoms with Gasteiger partial charge in [0.15, 0.2) is 17.3 Å². The van der Waals surface area contributed by atoms with Crippen LogP contribution in [0.3, 0.4) is 0 Å². The van der Waals surface area contributed by atoms with E-state index >= 15 is 0 Å². The summed E-state index contributed by atoms with van der Waals surface area (Å²) in [5.41, 5.74) is 2.89. The lowest BCUT2D eigenvalue weighted by Gasteiger charge is -2.15. The third-order valence-corrected chi connectivity index (χ3v) is 4.17. The predicted octanol–water partition coefficient (Wildman–Crippen LogP) is 4.12. The minimum absolute atomic E-state index is 0.00618. The summed E-state index contributed by atoms with van der Waals surface area (Å²) < 4.78 is 16.1. The van der Waals surface area contributed by atoms with Crippen molar-refractivity contribution >= 4 is 17.3 Å². The number of Topliss-reactive ketones (excluding diaryl/α,β-unsaturated/α-hetero) is 1. The van der Waals surface area contributed by atoms with Gasteiger partial charge in [0.25, 0.3) is 0 Å². The summed E-state index contributed by atoms with van der Waals surface area (Å²) in [7, 11) is 4.68. The highest BCUT2D eigenvalue weighted by atomic mass is 16.5.